The monoisotopic (exact) mass is 434 g/mol. The summed E-state index contributed by atoms with van der Waals surface area (Å²) in [6, 6.07) is 10.2. The van der Waals surface area contributed by atoms with E-state index < -0.39 is 0 Å². The first-order valence-corrected chi connectivity index (χ1v) is 11.0. The molecule has 0 N–H and O–H groups in total. The standard InChI is InChI=1S/C24H30N6O2/c1-17(2)15-30-19(11-18-14-26-23(13-25)27-24(18)30)16-28-7-9-29(10-8-28)21-6-5-20(31-3)12-22(21)32-4/h5-6,11-12,14,17H,7-10,15-16H2,1-4H3. The Bertz CT molecular complexity index is 1130. The summed E-state index contributed by atoms with van der Waals surface area (Å²) >= 11 is 0. The van der Waals surface area contributed by atoms with Crippen molar-refractivity contribution < 1.29 is 9.47 Å². The highest BCUT2D eigenvalue weighted by molar-refractivity contribution is 5.77. The van der Waals surface area contributed by atoms with Crippen LogP contribution in [0.2, 0.25) is 0 Å². The van der Waals surface area contributed by atoms with Gasteiger partial charge < -0.3 is 18.9 Å². The summed E-state index contributed by atoms with van der Waals surface area (Å²) in [6.07, 6.45) is 1.76. The molecule has 1 saturated heterocycles. The molecule has 0 aliphatic carbocycles. The van der Waals surface area contributed by atoms with Crippen molar-refractivity contribution in [2.45, 2.75) is 26.9 Å². The van der Waals surface area contributed by atoms with Gasteiger partial charge in [0.25, 0.3) is 0 Å². The van der Waals surface area contributed by atoms with Crippen LogP contribution in [0.1, 0.15) is 25.4 Å². The molecule has 0 unspecified atom stereocenters. The molecule has 0 bridgehead atoms. The van der Waals surface area contributed by atoms with E-state index in [0.29, 0.717) is 5.92 Å². The van der Waals surface area contributed by atoms with Gasteiger partial charge in [-0.25, -0.2) is 9.97 Å². The lowest BCUT2D eigenvalue weighted by Gasteiger charge is -2.36. The minimum absolute atomic E-state index is 0.217. The van der Waals surface area contributed by atoms with Gasteiger partial charge in [0.2, 0.25) is 5.82 Å². The van der Waals surface area contributed by atoms with Crippen LogP contribution in [0.4, 0.5) is 5.69 Å². The smallest absolute Gasteiger partial charge is 0.234 e. The maximum atomic E-state index is 9.21. The van der Waals surface area contributed by atoms with Crippen LogP contribution in [0, 0.1) is 17.2 Å². The summed E-state index contributed by atoms with van der Waals surface area (Å²) < 4.78 is 13.2. The third-order valence-electron chi connectivity index (χ3n) is 5.85. The number of ether oxygens (including phenoxy) is 2. The fourth-order valence-electron chi connectivity index (χ4n) is 4.27. The van der Waals surface area contributed by atoms with Crippen LogP contribution in [0.15, 0.2) is 30.5 Å². The van der Waals surface area contributed by atoms with Crippen LogP contribution in [0.5, 0.6) is 11.5 Å². The summed E-state index contributed by atoms with van der Waals surface area (Å²) in [7, 11) is 3.36. The van der Waals surface area contributed by atoms with Crippen molar-refractivity contribution in [1.82, 2.24) is 19.4 Å². The van der Waals surface area contributed by atoms with E-state index in [2.05, 4.69) is 56.4 Å². The Morgan fingerprint density at radius 2 is 1.88 bits per heavy atom. The molecule has 4 rings (SSSR count). The molecular formula is C24H30N6O2. The van der Waals surface area contributed by atoms with Gasteiger partial charge in [0, 0.05) is 62.6 Å². The largest absolute Gasteiger partial charge is 0.497 e. The Morgan fingerprint density at radius 1 is 1.09 bits per heavy atom. The lowest BCUT2D eigenvalue weighted by molar-refractivity contribution is 0.242. The summed E-state index contributed by atoms with van der Waals surface area (Å²) in [5.74, 6) is 2.32. The average molecular weight is 435 g/mol. The molecule has 8 nitrogen and oxygen atoms in total. The SMILES string of the molecule is COc1ccc(N2CCN(Cc3cc4cnc(C#N)nc4n3CC(C)C)CC2)c(OC)c1. The van der Waals surface area contributed by atoms with Crippen molar-refractivity contribution in [3.05, 3.63) is 42.0 Å². The van der Waals surface area contributed by atoms with E-state index in [1.165, 1.54) is 5.69 Å². The molecule has 0 atom stereocenters. The fourth-order valence-corrected chi connectivity index (χ4v) is 4.27. The number of anilines is 1. The number of nitrogens with zero attached hydrogens (tertiary/aromatic N) is 6. The molecule has 1 aliphatic heterocycles. The van der Waals surface area contributed by atoms with Gasteiger partial charge in [-0.1, -0.05) is 13.8 Å². The summed E-state index contributed by atoms with van der Waals surface area (Å²) in [5, 5.41) is 10.2. The van der Waals surface area contributed by atoms with E-state index in [4.69, 9.17) is 9.47 Å². The quantitative estimate of drug-likeness (QED) is 0.564. The highest BCUT2D eigenvalue weighted by atomic mass is 16.5. The molecule has 8 heteroatoms. The van der Waals surface area contributed by atoms with Crippen LogP contribution in [0.25, 0.3) is 11.0 Å². The number of hydrogen-bond acceptors (Lipinski definition) is 7. The van der Waals surface area contributed by atoms with Gasteiger partial charge in [0.1, 0.15) is 23.2 Å². The molecular weight excluding hydrogens is 404 g/mol. The van der Waals surface area contributed by atoms with Gasteiger partial charge >= 0.3 is 0 Å². The van der Waals surface area contributed by atoms with E-state index in [-0.39, 0.29) is 5.82 Å². The number of hydrogen-bond donors (Lipinski definition) is 0. The van der Waals surface area contributed by atoms with Gasteiger partial charge in [-0.3, -0.25) is 4.90 Å². The molecule has 0 radical (unpaired) electrons. The van der Waals surface area contributed by atoms with Crippen molar-refractivity contribution in [3.63, 3.8) is 0 Å². The van der Waals surface area contributed by atoms with Crippen LogP contribution in [-0.2, 0) is 13.1 Å². The molecule has 1 aromatic carbocycles. The Morgan fingerprint density at radius 3 is 2.53 bits per heavy atom. The number of piperazine rings is 1. The van der Waals surface area contributed by atoms with E-state index in [0.717, 1.165) is 67.5 Å². The second-order valence-corrected chi connectivity index (χ2v) is 8.53. The first-order valence-electron chi connectivity index (χ1n) is 11.0. The lowest BCUT2D eigenvalue weighted by atomic mass is 10.2. The predicted molar refractivity (Wildman–Crippen MR) is 124 cm³/mol. The van der Waals surface area contributed by atoms with Gasteiger partial charge in [-0.05, 0) is 24.1 Å². The zero-order valence-corrected chi connectivity index (χ0v) is 19.2. The zero-order valence-electron chi connectivity index (χ0n) is 19.2. The Hall–Kier alpha value is -3.31. The number of methoxy groups -OCH3 is 2. The third-order valence-corrected chi connectivity index (χ3v) is 5.85. The van der Waals surface area contributed by atoms with Crippen LogP contribution < -0.4 is 14.4 Å². The number of nitriles is 1. The maximum absolute atomic E-state index is 9.21. The van der Waals surface area contributed by atoms with Crippen LogP contribution in [-0.4, -0.2) is 59.8 Å². The van der Waals surface area contributed by atoms with Gasteiger partial charge in [-0.15, -0.1) is 0 Å². The molecule has 0 spiro atoms. The Labute approximate surface area is 189 Å². The van der Waals surface area contributed by atoms with E-state index >= 15 is 0 Å². The molecule has 0 saturated carbocycles. The molecule has 3 heterocycles. The molecule has 1 aliphatic rings. The van der Waals surface area contributed by atoms with Gasteiger partial charge in [0.05, 0.1) is 19.9 Å². The third kappa shape index (κ3) is 4.48. The first kappa shape index (κ1) is 21.9. The number of rotatable bonds is 7. The molecule has 1 fully saturated rings. The zero-order chi connectivity index (χ0) is 22.7. The number of fused-ring (bicyclic) bond motifs is 1. The Kier molecular flexibility index (Phi) is 6.47. The summed E-state index contributed by atoms with van der Waals surface area (Å²) in [5.41, 5.74) is 3.16. The molecule has 3 aromatic rings. The lowest BCUT2D eigenvalue weighted by Crippen LogP contribution is -2.46. The van der Waals surface area contributed by atoms with Crippen molar-refractivity contribution >= 4 is 16.7 Å². The minimum atomic E-state index is 0.217. The first-order chi connectivity index (χ1) is 15.5. The van der Waals surface area contributed by atoms with Crippen molar-refractivity contribution in [2.75, 3.05) is 45.3 Å². The van der Waals surface area contributed by atoms with E-state index in [1.54, 1.807) is 20.4 Å². The number of aromatic nitrogens is 3. The van der Waals surface area contributed by atoms with Crippen molar-refractivity contribution in [3.8, 4) is 17.6 Å². The highest BCUT2D eigenvalue weighted by Crippen LogP contribution is 2.33. The Balaban J connectivity index is 1.50. The maximum Gasteiger partial charge on any atom is 0.234 e. The normalized spacial score (nSPS) is 14.7. The molecule has 2 aromatic heterocycles. The second-order valence-electron chi connectivity index (χ2n) is 8.53. The van der Waals surface area contributed by atoms with Crippen LogP contribution in [0.3, 0.4) is 0 Å². The number of benzene rings is 1. The summed E-state index contributed by atoms with van der Waals surface area (Å²) in [6.45, 7) is 9.85. The molecule has 168 valence electrons. The van der Waals surface area contributed by atoms with Gasteiger partial charge in [-0.2, -0.15) is 5.26 Å². The topological polar surface area (TPSA) is 79.4 Å². The van der Waals surface area contributed by atoms with Gasteiger partial charge in [0.15, 0.2) is 0 Å². The van der Waals surface area contributed by atoms with E-state index in [9.17, 15) is 5.26 Å². The highest BCUT2D eigenvalue weighted by Gasteiger charge is 2.22. The molecule has 32 heavy (non-hydrogen) atoms. The molecule has 0 amide bonds. The second kappa shape index (κ2) is 9.45. The average Bonchev–Trinajstić information content (AvgIpc) is 3.14. The van der Waals surface area contributed by atoms with Crippen LogP contribution >= 0.6 is 0 Å². The van der Waals surface area contributed by atoms with Crippen molar-refractivity contribution in [2.24, 2.45) is 5.92 Å². The predicted octanol–water partition coefficient (Wildman–Crippen LogP) is 3.30. The fraction of sp³-hybridized carbons (Fsp3) is 0.458. The minimum Gasteiger partial charge on any atom is -0.497 e. The summed E-state index contributed by atoms with van der Waals surface area (Å²) in [4.78, 5) is 13.5. The van der Waals surface area contributed by atoms with E-state index in [1.807, 2.05) is 12.1 Å². The van der Waals surface area contributed by atoms with Crippen molar-refractivity contribution in [1.29, 1.82) is 5.26 Å².